The van der Waals surface area contributed by atoms with Crippen LogP contribution in [-0.2, 0) is 0 Å². The molecule has 1 aliphatic rings. The molecule has 0 amide bonds. The molecule has 1 saturated carbocycles. The first kappa shape index (κ1) is 19.8. The summed E-state index contributed by atoms with van der Waals surface area (Å²) in [7, 11) is 0. The van der Waals surface area contributed by atoms with E-state index in [2.05, 4.69) is 25.5 Å². The second-order valence-corrected chi connectivity index (χ2v) is 7.85. The maximum absolute atomic E-state index is 13.5. The van der Waals surface area contributed by atoms with Crippen LogP contribution in [-0.4, -0.2) is 29.7 Å². The van der Waals surface area contributed by atoms with Gasteiger partial charge in [-0.3, -0.25) is 9.89 Å². The van der Waals surface area contributed by atoms with E-state index in [4.69, 9.17) is 28.1 Å². The Labute approximate surface area is 186 Å². The van der Waals surface area contributed by atoms with E-state index in [9.17, 15) is 10.1 Å². The molecule has 1 fully saturated rings. The minimum Gasteiger partial charge on any atom is -0.382 e. The lowest BCUT2D eigenvalue weighted by molar-refractivity contribution is 0.605. The van der Waals surface area contributed by atoms with Gasteiger partial charge in [-0.05, 0) is 30.9 Å². The van der Waals surface area contributed by atoms with Crippen molar-refractivity contribution in [3.05, 3.63) is 57.2 Å². The summed E-state index contributed by atoms with van der Waals surface area (Å²) in [5.41, 5.74) is 11.8. The standard InChI is InChI=1S/C20H17ClN10O/c21-12-3-1-2-10-15(12)27-18(31(19(10)32)13-6-7-25-30-13)14(9-4-5-9)26-17-11(8-22)16(23)28-20(24)29-17/h1-3,6-7,9,14H,4-5H2,(H,25,30)(H5,23,24,26,28,29)/t14-/m0/s1. The summed E-state index contributed by atoms with van der Waals surface area (Å²) in [6.07, 6.45) is 3.41. The third-order valence-electron chi connectivity index (χ3n) is 5.32. The normalized spacial score (nSPS) is 14.2. The number of nitriles is 1. The second-order valence-electron chi connectivity index (χ2n) is 7.44. The van der Waals surface area contributed by atoms with Crippen molar-refractivity contribution < 1.29 is 0 Å². The van der Waals surface area contributed by atoms with Crippen LogP contribution < -0.4 is 22.3 Å². The first-order valence-corrected chi connectivity index (χ1v) is 10.2. The number of benzene rings is 1. The van der Waals surface area contributed by atoms with Crippen molar-refractivity contribution in [2.45, 2.75) is 18.9 Å². The van der Waals surface area contributed by atoms with Gasteiger partial charge >= 0.3 is 0 Å². The number of anilines is 3. The number of nitrogens with zero attached hydrogens (tertiary/aromatic N) is 6. The molecule has 32 heavy (non-hydrogen) atoms. The highest BCUT2D eigenvalue weighted by Gasteiger charge is 2.37. The van der Waals surface area contributed by atoms with Crippen molar-refractivity contribution >= 4 is 40.1 Å². The Balaban J connectivity index is 1.75. The lowest BCUT2D eigenvalue weighted by Gasteiger charge is -2.23. The van der Waals surface area contributed by atoms with Gasteiger partial charge in [0.25, 0.3) is 5.56 Å². The van der Waals surface area contributed by atoms with E-state index in [1.807, 2.05) is 6.07 Å². The first-order chi connectivity index (χ1) is 15.5. The average Bonchev–Trinajstić information content (AvgIpc) is 3.46. The minimum absolute atomic E-state index is 0.0312. The molecular formula is C20H17ClN10O. The Kier molecular flexibility index (Phi) is 4.64. The van der Waals surface area contributed by atoms with Crippen LogP contribution in [0.2, 0.25) is 5.02 Å². The molecule has 0 radical (unpaired) electrons. The van der Waals surface area contributed by atoms with Crippen LogP contribution in [0.25, 0.3) is 16.7 Å². The molecule has 1 atom stereocenters. The average molecular weight is 449 g/mol. The molecule has 12 heteroatoms. The Morgan fingerprint density at radius 3 is 2.75 bits per heavy atom. The summed E-state index contributed by atoms with van der Waals surface area (Å²) in [5.74, 6) is 0.986. The topological polar surface area (TPSA) is 177 Å². The molecule has 0 aliphatic heterocycles. The number of halogens is 1. The van der Waals surface area contributed by atoms with Crippen molar-refractivity contribution in [3.8, 4) is 11.9 Å². The molecule has 1 aromatic carbocycles. The zero-order valence-corrected chi connectivity index (χ0v) is 17.3. The van der Waals surface area contributed by atoms with Gasteiger partial charge in [0.05, 0.1) is 22.0 Å². The summed E-state index contributed by atoms with van der Waals surface area (Å²) in [5, 5.41) is 20.4. The minimum atomic E-state index is -0.485. The molecule has 0 saturated heterocycles. The van der Waals surface area contributed by atoms with Gasteiger partial charge in [-0.1, -0.05) is 17.7 Å². The number of aromatic nitrogens is 6. The van der Waals surface area contributed by atoms with Crippen LogP contribution in [0.1, 0.15) is 30.3 Å². The molecule has 3 aromatic heterocycles. The van der Waals surface area contributed by atoms with Crippen molar-refractivity contribution in [1.29, 1.82) is 5.26 Å². The molecule has 160 valence electrons. The number of hydrogen-bond donors (Lipinski definition) is 4. The quantitative estimate of drug-likeness (QED) is 0.356. The number of hydrogen-bond acceptors (Lipinski definition) is 9. The summed E-state index contributed by atoms with van der Waals surface area (Å²) < 4.78 is 1.44. The number of nitrogens with two attached hydrogens (primary N) is 2. The van der Waals surface area contributed by atoms with E-state index in [0.717, 1.165) is 12.8 Å². The van der Waals surface area contributed by atoms with E-state index < -0.39 is 6.04 Å². The number of aromatic amines is 1. The highest BCUT2D eigenvalue weighted by Crippen LogP contribution is 2.43. The molecular weight excluding hydrogens is 432 g/mol. The van der Waals surface area contributed by atoms with Crippen LogP contribution in [0.3, 0.4) is 0 Å². The van der Waals surface area contributed by atoms with Gasteiger partial charge in [0.15, 0.2) is 11.6 Å². The molecule has 4 aromatic rings. The maximum atomic E-state index is 13.5. The highest BCUT2D eigenvalue weighted by molar-refractivity contribution is 6.35. The van der Waals surface area contributed by atoms with E-state index in [0.29, 0.717) is 27.6 Å². The first-order valence-electron chi connectivity index (χ1n) is 9.79. The van der Waals surface area contributed by atoms with Crippen LogP contribution in [0.4, 0.5) is 17.6 Å². The molecule has 0 bridgehead atoms. The largest absolute Gasteiger partial charge is 0.382 e. The van der Waals surface area contributed by atoms with Crippen LogP contribution in [0, 0.1) is 17.2 Å². The van der Waals surface area contributed by atoms with Crippen LogP contribution in [0.15, 0.2) is 35.3 Å². The third-order valence-corrected chi connectivity index (χ3v) is 5.63. The predicted octanol–water partition coefficient (Wildman–Crippen LogP) is 2.15. The Bertz CT molecular complexity index is 1440. The number of nitrogens with one attached hydrogen (secondary N) is 2. The fourth-order valence-electron chi connectivity index (χ4n) is 3.68. The summed E-state index contributed by atoms with van der Waals surface area (Å²) in [6, 6.07) is 8.24. The summed E-state index contributed by atoms with van der Waals surface area (Å²) in [6.45, 7) is 0. The number of rotatable bonds is 5. The van der Waals surface area contributed by atoms with Gasteiger partial charge in [-0.25, -0.2) is 9.55 Å². The lowest BCUT2D eigenvalue weighted by Crippen LogP contribution is -2.30. The van der Waals surface area contributed by atoms with Gasteiger partial charge in [-0.15, -0.1) is 0 Å². The smallest absolute Gasteiger partial charge is 0.267 e. The number of para-hydroxylation sites is 1. The second kappa shape index (κ2) is 7.51. The van der Waals surface area contributed by atoms with Gasteiger partial charge < -0.3 is 16.8 Å². The van der Waals surface area contributed by atoms with E-state index >= 15 is 0 Å². The van der Waals surface area contributed by atoms with Gasteiger partial charge in [0.2, 0.25) is 5.95 Å². The monoisotopic (exact) mass is 448 g/mol. The number of H-pyrrole nitrogens is 1. The van der Waals surface area contributed by atoms with Crippen molar-refractivity contribution in [3.63, 3.8) is 0 Å². The molecule has 0 spiro atoms. The fraction of sp³-hybridized carbons (Fsp3) is 0.200. The Morgan fingerprint density at radius 2 is 2.06 bits per heavy atom. The van der Waals surface area contributed by atoms with E-state index in [1.54, 1.807) is 30.5 Å². The van der Waals surface area contributed by atoms with Gasteiger partial charge in [0.1, 0.15) is 23.3 Å². The number of fused-ring (bicyclic) bond motifs is 1. The Morgan fingerprint density at radius 1 is 1.25 bits per heavy atom. The van der Waals surface area contributed by atoms with Crippen LogP contribution in [0.5, 0.6) is 0 Å². The zero-order chi connectivity index (χ0) is 22.4. The summed E-state index contributed by atoms with van der Waals surface area (Å²) in [4.78, 5) is 26.3. The maximum Gasteiger partial charge on any atom is 0.267 e. The van der Waals surface area contributed by atoms with E-state index in [-0.39, 0.29) is 34.6 Å². The SMILES string of the molecule is N#Cc1c(N)nc(N)nc1N[C@H](c1nc2c(Cl)cccc2c(=O)n1-c1cc[nH]n1)C1CC1. The fourth-order valence-corrected chi connectivity index (χ4v) is 3.90. The molecule has 0 unspecified atom stereocenters. The molecule has 5 rings (SSSR count). The lowest BCUT2D eigenvalue weighted by atomic mass is 10.1. The summed E-state index contributed by atoms with van der Waals surface area (Å²) >= 11 is 6.38. The predicted molar refractivity (Wildman–Crippen MR) is 119 cm³/mol. The molecule has 1 aliphatic carbocycles. The van der Waals surface area contributed by atoms with Crippen molar-refractivity contribution in [1.82, 2.24) is 29.7 Å². The molecule has 3 heterocycles. The van der Waals surface area contributed by atoms with Gasteiger partial charge in [0, 0.05) is 12.3 Å². The third kappa shape index (κ3) is 3.27. The van der Waals surface area contributed by atoms with Crippen molar-refractivity contribution in [2.24, 2.45) is 5.92 Å². The van der Waals surface area contributed by atoms with Gasteiger partial charge in [-0.2, -0.15) is 20.3 Å². The highest BCUT2D eigenvalue weighted by atomic mass is 35.5. The molecule has 6 N–H and O–H groups in total. The van der Waals surface area contributed by atoms with Crippen molar-refractivity contribution in [2.75, 3.05) is 16.8 Å². The van der Waals surface area contributed by atoms with Crippen LogP contribution >= 0.6 is 11.6 Å². The Hall–Kier alpha value is -4.17. The van der Waals surface area contributed by atoms with E-state index in [1.165, 1.54) is 4.57 Å². The zero-order valence-electron chi connectivity index (χ0n) is 16.6. The molecule has 11 nitrogen and oxygen atoms in total. The number of nitrogen functional groups attached to an aromatic ring is 2.